The molecule has 1 atom stereocenters. The smallest absolute Gasteiger partial charge is 0.227 e. The molecule has 164 valence electrons. The van der Waals surface area contributed by atoms with E-state index in [1.807, 2.05) is 0 Å². The van der Waals surface area contributed by atoms with Crippen LogP contribution in [-0.4, -0.2) is 43.2 Å². The lowest BCUT2D eigenvalue weighted by Crippen LogP contribution is -2.27. The molecule has 1 N–H and O–H groups in total. The third kappa shape index (κ3) is 5.07. The Bertz CT molecular complexity index is 1090. The summed E-state index contributed by atoms with van der Waals surface area (Å²) in [6.45, 7) is 5.36. The SMILES string of the molecule is CCN(CCCCc1nc(C)no1)c1nc2c(c(Nc3cccc(F)c3)n1)S(=O)CC2. The third-order valence-electron chi connectivity index (χ3n) is 5.07. The number of hydrogen-bond acceptors (Lipinski definition) is 8. The van der Waals surface area contributed by atoms with Crippen LogP contribution in [-0.2, 0) is 23.6 Å². The summed E-state index contributed by atoms with van der Waals surface area (Å²) in [6, 6.07) is 6.16. The molecule has 3 aromatic rings. The lowest BCUT2D eigenvalue weighted by atomic mass is 10.2. The molecule has 1 aromatic carbocycles. The predicted octanol–water partition coefficient (Wildman–Crippen LogP) is 3.56. The second kappa shape index (κ2) is 9.51. The van der Waals surface area contributed by atoms with Crippen molar-refractivity contribution in [2.45, 2.75) is 44.4 Å². The summed E-state index contributed by atoms with van der Waals surface area (Å²) in [6.07, 6.45) is 3.19. The van der Waals surface area contributed by atoms with E-state index >= 15 is 0 Å². The molecule has 0 saturated carbocycles. The summed E-state index contributed by atoms with van der Waals surface area (Å²) in [5.74, 6) is 2.56. The van der Waals surface area contributed by atoms with Crippen LogP contribution in [0, 0.1) is 12.7 Å². The van der Waals surface area contributed by atoms with E-state index in [4.69, 9.17) is 9.51 Å². The Morgan fingerprint density at radius 1 is 1.26 bits per heavy atom. The number of fused-ring (bicyclic) bond motifs is 1. The topological polar surface area (TPSA) is 97.0 Å². The predicted molar refractivity (Wildman–Crippen MR) is 117 cm³/mol. The van der Waals surface area contributed by atoms with Gasteiger partial charge in [-0.3, -0.25) is 4.21 Å². The zero-order valence-electron chi connectivity index (χ0n) is 17.6. The molecule has 0 spiro atoms. The zero-order valence-corrected chi connectivity index (χ0v) is 18.4. The van der Waals surface area contributed by atoms with Crippen molar-refractivity contribution in [2.75, 3.05) is 29.1 Å². The van der Waals surface area contributed by atoms with Crippen LogP contribution in [0.4, 0.5) is 21.8 Å². The van der Waals surface area contributed by atoms with Crippen LogP contribution < -0.4 is 10.2 Å². The van der Waals surface area contributed by atoms with E-state index in [2.05, 4.69) is 32.3 Å². The molecule has 1 unspecified atom stereocenters. The van der Waals surface area contributed by atoms with Crippen LogP contribution in [0.1, 0.15) is 37.2 Å². The van der Waals surface area contributed by atoms with E-state index < -0.39 is 10.8 Å². The van der Waals surface area contributed by atoms with Crippen LogP contribution in [0.5, 0.6) is 0 Å². The molecule has 10 heteroatoms. The number of anilines is 3. The van der Waals surface area contributed by atoms with E-state index in [0.717, 1.165) is 38.0 Å². The molecule has 0 aliphatic carbocycles. The summed E-state index contributed by atoms with van der Waals surface area (Å²) in [5, 5.41) is 6.96. The van der Waals surface area contributed by atoms with Crippen LogP contribution in [0.15, 0.2) is 33.7 Å². The number of halogens is 1. The van der Waals surface area contributed by atoms with Crippen molar-refractivity contribution < 1.29 is 13.1 Å². The van der Waals surface area contributed by atoms with Crippen LogP contribution >= 0.6 is 0 Å². The van der Waals surface area contributed by atoms with Gasteiger partial charge in [-0.1, -0.05) is 11.2 Å². The lowest BCUT2D eigenvalue weighted by Gasteiger charge is -2.22. The molecule has 0 fully saturated rings. The standard InChI is InChI=1S/C21H25FN6O2S/c1-3-28(11-5-4-9-18-23-14(2)27-30-18)21-25-17-10-12-31(29)19(17)20(26-21)24-16-8-6-7-15(22)13-16/h6-8,13H,3-5,9-12H2,1-2H3,(H,24,25,26). The van der Waals surface area contributed by atoms with E-state index in [9.17, 15) is 8.60 Å². The van der Waals surface area contributed by atoms with Crippen molar-refractivity contribution in [3.05, 3.63) is 47.5 Å². The maximum atomic E-state index is 13.6. The highest BCUT2D eigenvalue weighted by atomic mass is 32.2. The lowest BCUT2D eigenvalue weighted by molar-refractivity contribution is 0.371. The molecule has 1 aliphatic heterocycles. The van der Waals surface area contributed by atoms with Gasteiger partial charge >= 0.3 is 0 Å². The second-order valence-electron chi connectivity index (χ2n) is 7.36. The molecule has 1 aliphatic rings. The van der Waals surface area contributed by atoms with Crippen molar-refractivity contribution in [1.82, 2.24) is 20.1 Å². The molecule has 0 bridgehead atoms. The Morgan fingerprint density at radius 2 is 2.13 bits per heavy atom. The minimum Gasteiger partial charge on any atom is -0.341 e. The number of aryl methyl sites for hydroxylation is 3. The fourth-order valence-corrected chi connectivity index (χ4v) is 4.84. The summed E-state index contributed by atoms with van der Waals surface area (Å²) in [4.78, 5) is 16.3. The number of aromatic nitrogens is 4. The number of benzene rings is 1. The fraction of sp³-hybridized carbons (Fsp3) is 0.429. The van der Waals surface area contributed by atoms with Crippen LogP contribution in [0.2, 0.25) is 0 Å². The molecule has 2 aromatic heterocycles. The van der Waals surface area contributed by atoms with Gasteiger partial charge in [-0.25, -0.2) is 9.37 Å². The van der Waals surface area contributed by atoms with E-state index in [1.54, 1.807) is 19.1 Å². The van der Waals surface area contributed by atoms with Crippen molar-refractivity contribution in [2.24, 2.45) is 0 Å². The number of hydrogen-bond donors (Lipinski definition) is 1. The zero-order chi connectivity index (χ0) is 21.8. The molecule has 4 rings (SSSR count). The minimum atomic E-state index is -1.16. The monoisotopic (exact) mass is 444 g/mol. The number of nitrogens with zero attached hydrogens (tertiary/aromatic N) is 5. The highest BCUT2D eigenvalue weighted by Gasteiger charge is 2.27. The van der Waals surface area contributed by atoms with E-state index in [-0.39, 0.29) is 5.82 Å². The Morgan fingerprint density at radius 3 is 2.87 bits per heavy atom. The van der Waals surface area contributed by atoms with Gasteiger partial charge in [0.2, 0.25) is 11.8 Å². The number of rotatable bonds is 9. The quantitative estimate of drug-likeness (QED) is 0.501. The second-order valence-corrected chi connectivity index (χ2v) is 8.86. The highest BCUT2D eigenvalue weighted by molar-refractivity contribution is 7.85. The first-order chi connectivity index (χ1) is 15.0. The highest BCUT2D eigenvalue weighted by Crippen LogP contribution is 2.32. The van der Waals surface area contributed by atoms with Crippen molar-refractivity contribution >= 4 is 28.3 Å². The first kappa shape index (κ1) is 21.4. The largest absolute Gasteiger partial charge is 0.341 e. The normalized spacial score (nSPS) is 15.1. The van der Waals surface area contributed by atoms with Crippen LogP contribution in [0.25, 0.3) is 0 Å². The van der Waals surface area contributed by atoms with Crippen LogP contribution in [0.3, 0.4) is 0 Å². The van der Waals surface area contributed by atoms with Crippen molar-refractivity contribution in [3.8, 4) is 0 Å². The maximum Gasteiger partial charge on any atom is 0.227 e. The Balaban J connectivity index is 1.50. The van der Waals surface area contributed by atoms with Gasteiger partial charge in [-0.2, -0.15) is 9.97 Å². The summed E-state index contributed by atoms with van der Waals surface area (Å²) in [7, 11) is -1.16. The fourth-order valence-electron chi connectivity index (χ4n) is 3.53. The van der Waals surface area contributed by atoms with Crippen molar-refractivity contribution in [3.63, 3.8) is 0 Å². The molecular weight excluding hydrogens is 419 g/mol. The molecule has 8 nitrogen and oxygen atoms in total. The Labute approximate surface area is 182 Å². The van der Waals surface area contributed by atoms with Gasteiger partial charge in [0.05, 0.1) is 16.5 Å². The Hall–Kier alpha value is -2.88. The minimum absolute atomic E-state index is 0.344. The molecular formula is C21H25FN6O2S. The summed E-state index contributed by atoms with van der Waals surface area (Å²) < 4.78 is 31.3. The number of unbranched alkanes of at least 4 members (excludes halogenated alkanes) is 1. The maximum absolute atomic E-state index is 13.6. The molecule has 3 heterocycles. The first-order valence-electron chi connectivity index (χ1n) is 10.4. The molecule has 0 saturated heterocycles. The number of nitrogens with one attached hydrogen (secondary N) is 1. The average Bonchev–Trinajstić information content (AvgIpc) is 3.33. The van der Waals surface area contributed by atoms with Crippen molar-refractivity contribution in [1.29, 1.82) is 0 Å². The van der Waals surface area contributed by atoms with Gasteiger partial charge in [0.15, 0.2) is 11.6 Å². The third-order valence-corrected chi connectivity index (χ3v) is 6.53. The summed E-state index contributed by atoms with van der Waals surface area (Å²) in [5.41, 5.74) is 1.36. The van der Waals surface area contributed by atoms with Gasteiger partial charge in [0, 0.05) is 37.4 Å². The molecule has 0 amide bonds. The van der Waals surface area contributed by atoms with Gasteiger partial charge < -0.3 is 14.7 Å². The van der Waals surface area contributed by atoms with Gasteiger partial charge in [0.25, 0.3) is 0 Å². The first-order valence-corrected chi connectivity index (χ1v) is 11.7. The van der Waals surface area contributed by atoms with Gasteiger partial charge in [-0.05, 0) is 44.9 Å². The van der Waals surface area contributed by atoms with Gasteiger partial charge in [0.1, 0.15) is 10.7 Å². The molecule has 31 heavy (non-hydrogen) atoms. The van der Waals surface area contributed by atoms with E-state index in [1.165, 1.54) is 12.1 Å². The Kier molecular flexibility index (Phi) is 6.55. The van der Waals surface area contributed by atoms with Gasteiger partial charge in [-0.15, -0.1) is 0 Å². The van der Waals surface area contributed by atoms with E-state index in [0.29, 0.717) is 46.2 Å². The average molecular weight is 445 g/mol. The molecule has 0 radical (unpaired) electrons. The summed E-state index contributed by atoms with van der Waals surface area (Å²) >= 11 is 0.